The molecule has 0 aromatic heterocycles. The lowest BCUT2D eigenvalue weighted by molar-refractivity contribution is 0.523. The minimum Gasteiger partial charge on any atom is -0.156 e. The highest BCUT2D eigenvalue weighted by Crippen LogP contribution is 2.35. The number of hydrogen-bond acceptors (Lipinski definition) is 1. The summed E-state index contributed by atoms with van der Waals surface area (Å²) in [6, 6.07) is 8.33. The van der Waals surface area contributed by atoms with Crippen molar-refractivity contribution in [3.05, 3.63) is 34.3 Å². The molecule has 0 heterocycles. The van der Waals surface area contributed by atoms with Gasteiger partial charge >= 0.3 is 0 Å². The fourth-order valence-corrected chi connectivity index (χ4v) is 4.20. The number of hydrogen-bond donors (Lipinski definition) is 0. The maximum Gasteiger partial charge on any atom is 0.0332 e. The van der Waals surface area contributed by atoms with Crippen LogP contribution in [0.25, 0.3) is 0 Å². The molecule has 0 nitrogen and oxygen atoms in total. The van der Waals surface area contributed by atoms with E-state index < -0.39 is 0 Å². The second-order valence-electron chi connectivity index (χ2n) is 5.77. The largest absolute Gasteiger partial charge is 0.156 e. The zero-order chi connectivity index (χ0) is 14.5. The van der Waals surface area contributed by atoms with Crippen molar-refractivity contribution >= 4 is 50.9 Å². The van der Waals surface area contributed by atoms with Crippen LogP contribution in [0.4, 0.5) is 0 Å². The number of benzene rings is 1. The van der Waals surface area contributed by atoms with Gasteiger partial charge in [-0.1, -0.05) is 48.8 Å². The van der Waals surface area contributed by atoms with Gasteiger partial charge in [-0.2, -0.15) is 11.8 Å². The van der Waals surface area contributed by atoms with Crippen LogP contribution >= 0.6 is 50.9 Å². The molecule has 0 aliphatic rings. The van der Waals surface area contributed by atoms with Crippen LogP contribution in [0.1, 0.15) is 32.8 Å². The average Bonchev–Trinajstić information content (AvgIpc) is 2.34. The fourth-order valence-electron chi connectivity index (χ4n) is 1.84. The topological polar surface area (TPSA) is 0 Å². The molecule has 19 heavy (non-hydrogen) atoms. The average molecular weight is 384 g/mol. The summed E-state index contributed by atoms with van der Waals surface area (Å²) >= 11 is 18.0. The van der Waals surface area contributed by atoms with E-state index in [1.54, 1.807) is 0 Å². The van der Waals surface area contributed by atoms with Crippen LogP contribution in [-0.2, 0) is 5.41 Å². The molecule has 4 heteroatoms. The summed E-state index contributed by atoms with van der Waals surface area (Å²) in [6.45, 7) is 6.71. The van der Waals surface area contributed by atoms with Gasteiger partial charge in [-0.15, -0.1) is 23.2 Å². The van der Waals surface area contributed by atoms with Gasteiger partial charge in [0.25, 0.3) is 0 Å². The molecule has 0 saturated carbocycles. The van der Waals surface area contributed by atoms with Crippen LogP contribution in [-0.4, -0.2) is 22.3 Å². The summed E-state index contributed by atoms with van der Waals surface area (Å²) in [6.07, 6.45) is 0.998. The van der Waals surface area contributed by atoms with Crippen LogP contribution in [0.5, 0.6) is 0 Å². The summed E-state index contributed by atoms with van der Waals surface area (Å²) in [5, 5.41) is 0. The fraction of sp³-hybridized carbons (Fsp3) is 0.600. The highest BCUT2D eigenvalue weighted by atomic mass is 79.9. The van der Waals surface area contributed by atoms with E-state index in [0.717, 1.165) is 16.6 Å². The van der Waals surface area contributed by atoms with E-state index in [4.69, 9.17) is 23.2 Å². The number of rotatable bonds is 6. The van der Waals surface area contributed by atoms with Gasteiger partial charge in [0.15, 0.2) is 0 Å². The standard InChI is InChI=1S/C15H21BrCl2S/c1-14(2,3)19-8-7-15(10-17,11-18)12-5-4-6-13(16)9-12/h4-6,9H,7-8,10-11H2,1-3H3. The molecular formula is C15H21BrCl2S. The Balaban J connectivity index is 2.85. The van der Waals surface area contributed by atoms with Crippen molar-refractivity contribution in [1.82, 2.24) is 0 Å². The van der Waals surface area contributed by atoms with Gasteiger partial charge in [-0.05, 0) is 29.9 Å². The van der Waals surface area contributed by atoms with Crippen molar-refractivity contribution in [1.29, 1.82) is 0 Å². The van der Waals surface area contributed by atoms with Crippen LogP contribution in [0, 0.1) is 0 Å². The van der Waals surface area contributed by atoms with Crippen molar-refractivity contribution in [2.45, 2.75) is 37.4 Å². The highest BCUT2D eigenvalue weighted by Gasteiger charge is 2.31. The zero-order valence-corrected chi connectivity index (χ0v) is 15.6. The second-order valence-corrected chi connectivity index (χ2v) is 9.14. The lowest BCUT2D eigenvalue weighted by Crippen LogP contribution is -2.32. The summed E-state index contributed by atoms with van der Waals surface area (Å²) < 4.78 is 1.36. The zero-order valence-electron chi connectivity index (χ0n) is 11.7. The monoisotopic (exact) mass is 382 g/mol. The molecule has 0 aliphatic carbocycles. The Bertz CT molecular complexity index is 397. The third-order valence-electron chi connectivity index (χ3n) is 3.06. The summed E-state index contributed by atoms with van der Waals surface area (Å²) in [5.41, 5.74) is 1.09. The molecule has 0 radical (unpaired) electrons. The van der Waals surface area contributed by atoms with Crippen molar-refractivity contribution in [3.63, 3.8) is 0 Å². The van der Waals surface area contributed by atoms with Crippen LogP contribution in [0.15, 0.2) is 28.7 Å². The number of thioether (sulfide) groups is 1. The maximum absolute atomic E-state index is 6.25. The quantitative estimate of drug-likeness (QED) is 0.535. The Kier molecular flexibility index (Phi) is 7.06. The van der Waals surface area contributed by atoms with Crippen LogP contribution < -0.4 is 0 Å². The van der Waals surface area contributed by atoms with Crippen LogP contribution in [0.3, 0.4) is 0 Å². The predicted octanol–water partition coefficient (Wildman–Crippen LogP) is 6.09. The molecule has 0 saturated heterocycles. The van der Waals surface area contributed by atoms with Gasteiger partial charge < -0.3 is 0 Å². The molecule has 0 aliphatic heterocycles. The van der Waals surface area contributed by atoms with E-state index in [9.17, 15) is 0 Å². The second kappa shape index (κ2) is 7.59. The van der Waals surface area contributed by atoms with Crippen LogP contribution in [0.2, 0.25) is 0 Å². The van der Waals surface area contributed by atoms with Gasteiger partial charge in [0, 0.05) is 26.4 Å². The van der Waals surface area contributed by atoms with E-state index in [2.05, 4.69) is 48.8 Å². The molecule has 0 N–H and O–H groups in total. The molecule has 0 amide bonds. The van der Waals surface area contributed by atoms with Crippen molar-refractivity contribution in [2.75, 3.05) is 17.5 Å². The smallest absolute Gasteiger partial charge is 0.0332 e. The highest BCUT2D eigenvalue weighted by molar-refractivity contribution is 9.10. The molecule has 1 rings (SSSR count). The van der Waals surface area contributed by atoms with E-state index in [1.165, 1.54) is 5.56 Å². The molecule has 108 valence electrons. The number of alkyl halides is 2. The first-order valence-electron chi connectivity index (χ1n) is 6.35. The number of halogens is 3. The minimum absolute atomic E-state index is 0.134. The Morgan fingerprint density at radius 3 is 2.26 bits per heavy atom. The summed E-state index contributed by atoms with van der Waals surface area (Å²) in [4.78, 5) is 0. The van der Waals surface area contributed by atoms with Crippen molar-refractivity contribution < 1.29 is 0 Å². The molecule has 0 bridgehead atoms. The van der Waals surface area contributed by atoms with Crippen molar-refractivity contribution in [2.24, 2.45) is 0 Å². The Morgan fingerprint density at radius 2 is 1.79 bits per heavy atom. The Morgan fingerprint density at radius 1 is 1.16 bits per heavy atom. The molecule has 0 unspecified atom stereocenters. The molecule has 0 spiro atoms. The van der Waals surface area contributed by atoms with Gasteiger partial charge in [0.1, 0.15) is 0 Å². The Labute approximate surface area is 139 Å². The lowest BCUT2D eigenvalue weighted by Gasteiger charge is -2.31. The Hall–Kier alpha value is 0.630. The third-order valence-corrected chi connectivity index (χ3v) is 5.85. The van der Waals surface area contributed by atoms with E-state index in [1.807, 2.05) is 23.9 Å². The first-order chi connectivity index (χ1) is 8.83. The maximum atomic E-state index is 6.25. The third kappa shape index (κ3) is 5.49. The van der Waals surface area contributed by atoms with Gasteiger partial charge in [-0.25, -0.2) is 0 Å². The normalized spacial score (nSPS) is 12.7. The molecule has 1 aromatic carbocycles. The van der Waals surface area contributed by atoms with Gasteiger partial charge in [0.05, 0.1) is 0 Å². The predicted molar refractivity (Wildman–Crippen MR) is 94.1 cm³/mol. The SMILES string of the molecule is CC(C)(C)SCCC(CCl)(CCl)c1cccc(Br)c1. The van der Waals surface area contributed by atoms with E-state index in [-0.39, 0.29) is 10.2 Å². The van der Waals surface area contributed by atoms with E-state index in [0.29, 0.717) is 11.8 Å². The molecule has 0 atom stereocenters. The lowest BCUT2D eigenvalue weighted by atomic mass is 9.82. The van der Waals surface area contributed by atoms with Gasteiger partial charge in [0.2, 0.25) is 0 Å². The van der Waals surface area contributed by atoms with Crippen molar-refractivity contribution in [3.8, 4) is 0 Å². The van der Waals surface area contributed by atoms with Gasteiger partial charge in [-0.3, -0.25) is 0 Å². The molecule has 0 fully saturated rings. The summed E-state index contributed by atoms with van der Waals surface area (Å²) in [5.74, 6) is 2.17. The van der Waals surface area contributed by atoms with E-state index >= 15 is 0 Å². The molecular weight excluding hydrogens is 363 g/mol. The first-order valence-corrected chi connectivity index (χ1v) is 9.20. The minimum atomic E-state index is -0.134. The first kappa shape index (κ1) is 17.7. The summed E-state index contributed by atoms with van der Waals surface area (Å²) in [7, 11) is 0. The molecule has 1 aromatic rings.